The van der Waals surface area contributed by atoms with E-state index in [1.807, 2.05) is 0 Å². The van der Waals surface area contributed by atoms with Gasteiger partial charge >= 0.3 is 0 Å². The van der Waals surface area contributed by atoms with Gasteiger partial charge in [-0.2, -0.15) is 0 Å². The van der Waals surface area contributed by atoms with Crippen molar-refractivity contribution >= 4 is 0 Å². The van der Waals surface area contributed by atoms with Crippen molar-refractivity contribution in [2.24, 2.45) is 0 Å². The third-order valence-electron chi connectivity index (χ3n) is 3.05. The highest BCUT2D eigenvalue weighted by Crippen LogP contribution is 2.28. The van der Waals surface area contributed by atoms with E-state index in [-0.39, 0.29) is 0 Å². The molecule has 0 saturated heterocycles. The average Bonchev–Trinajstić information content (AvgIpc) is 2.30. The van der Waals surface area contributed by atoms with Gasteiger partial charge in [-0.25, -0.2) is 0 Å². The fourth-order valence-corrected chi connectivity index (χ4v) is 2.16. The summed E-state index contributed by atoms with van der Waals surface area (Å²) >= 11 is 0. The minimum Gasteiger partial charge on any atom is -0.384 e. The molecule has 0 bridgehead atoms. The maximum absolute atomic E-state index is 4.17. The molecule has 2 rings (SSSR count). The van der Waals surface area contributed by atoms with Gasteiger partial charge in [0.05, 0.1) is 0 Å². The first-order valence-electron chi connectivity index (χ1n) is 5.85. The van der Waals surface area contributed by atoms with Gasteiger partial charge in [-0.3, -0.25) is 0 Å². The van der Waals surface area contributed by atoms with Crippen LogP contribution in [0.2, 0.25) is 0 Å². The fraction of sp³-hybridized carbons (Fsp3) is 0.333. The highest BCUT2D eigenvalue weighted by atomic mass is 14.9. The molecule has 1 heterocycles. The molecule has 0 amide bonds. The summed E-state index contributed by atoms with van der Waals surface area (Å²) in [7, 11) is 0. The summed E-state index contributed by atoms with van der Waals surface area (Å²) < 4.78 is 0. The van der Waals surface area contributed by atoms with Crippen LogP contribution in [0.1, 0.15) is 26.7 Å². The van der Waals surface area contributed by atoms with E-state index in [9.17, 15) is 0 Å². The van der Waals surface area contributed by atoms with E-state index in [1.165, 1.54) is 22.4 Å². The Balaban J connectivity index is 2.41. The molecule has 0 unspecified atom stereocenters. The topological polar surface area (TPSA) is 12.0 Å². The van der Waals surface area contributed by atoms with Gasteiger partial charge in [-0.15, -0.1) is 0 Å². The lowest BCUT2D eigenvalue weighted by Crippen LogP contribution is -2.17. The SMILES string of the molecule is C=C1/C=C(C)\C=C/CNC2=C1C=C(C)CC2. The monoisotopic (exact) mass is 213 g/mol. The number of allylic oxidation sites excluding steroid dienone is 8. The van der Waals surface area contributed by atoms with Gasteiger partial charge in [0.2, 0.25) is 0 Å². The second-order valence-electron chi connectivity index (χ2n) is 4.58. The molecule has 2 aliphatic rings. The summed E-state index contributed by atoms with van der Waals surface area (Å²) in [5, 5.41) is 3.49. The molecule has 0 aromatic rings. The van der Waals surface area contributed by atoms with E-state index in [2.05, 4.69) is 50.0 Å². The number of hydrogen-bond acceptors (Lipinski definition) is 1. The van der Waals surface area contributed by atoms with Gasteiger partial charge in [0.15, 0.2) is 0 Å². The van der Waals surface area contributed by atoms with Crippen molar-refractivity contribution in [1.82, 2.24) is 5.32 Å². The Morgan fingerprint density at radius 3 is 2.81 bits per heavy atom. The molecular weight excluding hydrogens is 194 g/mol. The Morgan fingerprint density at radius 1 is 1.19 bits per heavy atom. The molecule has 1 nitrogen and oxygen atoms in total. The Morgan fingerprint density at radius 2 is 2.00 bits per heavy atom. The maximum atomic E-state index is 4.17. The van der Waals surface area contributed by atoms with Gasteiger partial charge in [0, 0.05) is 12.2 Å². The third kappa shape index (κ3) is 2.35. The van der Waals surface area contributed by atoms with Crippen LogP contribution in [0.15, 0.2) is 58.9 Å². The number of rotatable bonds is 0. The minimum atomic E-state index is 0.907. The van der Waals surface area contributed by atoms with Gasteiger partial charge in [0.1, 0.15) is 0 Å². The van der Waals surface area contributed by atoms with Crippen molar-refractivity contribution in [2.45, 2.75) is 26.7 Å². The number of hydrogen-bond donors (Lipinski definition) is 1. The predicted molar refractivity (Wildman–Crippen MR) is 70.1 cm³/mol. The first kappa shape index (κ1) is 11.0. The van der Waals surface area contributed by atoms with Crippen molar-refractivity contribution in [3.05, 3.63) is 58.9 Å². The quantitative estimate of drug-likeness (QED) is 0.647. The average molecular weight is 213 g/mol. The van der Waals surface area contributed by atoms with E-state index < -0.39 is 0 Å². The summed E-state index contributed by atoms with van der Waals surface area (Å²) in [5.41, 5.74) is 6.45. The Kier molecular flexibility index (Phi) is 3.14. The summed E-state index contributed by atoms with van der Waals surface area (Å²) in [6, 6.07) is 0. The van der Waals surface area contributed by atoms with Crippen LogP contribution < -0.4 is 5.32 Å². The van der Waals surface area contributed by atoms with E-state index in [4.69, 9.17) is 0 Å². The standard InChI is InChI=1S/C15H19N/c1-11-5-4-8-16-15-7-6-12(2)10-14(15)13(3)9-11/h4-5,9-10,16H,3,6-8H2,1-2H3/b5-4-,11-9-. The second-order valence-corrected chi connectivity index (χ2v) is 4.58. The van der Waals surface area contributed by atoms with E-state index in [0.717, 1.165) is 25.0 Å². The fourth-order valence-electron chi connectivity index (χ4n) is 2.16. The molecule has 0 aromatic carbocycles. The summed E-state index contributed by atoms with van der Waals surface area (Å²) in [4.78, 5) is 0. The molecule has 1 heteroatoms. The van der Waals surface area contributed by atoms with Crippen molar-refractivity contribution in [1.29, 1.82) is 0 Å². The third-order valence-corrected chi connectivity index (χ3v) is 3.05. The summed E-state index contributed by atoms with van der Waals surface area (Å²) in [6.45, 7) is 9.39. The zero-order valence-corrected chi connectivity index (χ0v) is 10.1. The first-order chi connectivity index (χ1) is 7.66. The molecule has 0 atom stereocenters. The van der Waals surface area contributed by atoms with Gasteiger partial charge in [-0.1, -0.05) is 42.0 Å². The predicted octanol–water partition coefficient (Wildman–Crippen LogP) is 3.64. The van der Waals surface area contributed by atoms with Crippen molar-refractivity contribution in [3.63, 3.8) is 0 Å². The molecule has 0 saturated carbocycles. The Labute approximate surface area is 97.9 Å². The first-order valence-corrected chi connectivity index (χ1v) is 5.85. The zero-order valence-electron chi connectivity index (χ0n) is 10.1. The summed E-state index contributed by atoms with van der Waals surface area (Å²) in [6.07, 6.45) is 11.0. The van der Waals surface area contributed by atoms with Crippen LogP contribution in [0.5, 0.6) is 0 Å². The zero-order chi connectivity index (χ0) is 11.5. The molecule has 0 radical (unpaired) electrons. The van der Waals surface area contributed by atoms with Crippen LogP contribution in [-0.2, 0) is 0 Å². The molecule has 0 aromatic heterocycles. The van der Waals surface area contributed by atoms with Gasteiger partial charge < -0.3 is 5.32 Å². The molecule has 1 aliphatic heterocycles. The van der Waals surface area contributed by atoms with Crippen LogP contribution in [0, 0.1) is 0 Å². The highest BCUT2D eigenvalue weighted by molar-refractivity contribution is 5.52. The highest BCUT2D eigenvalue weighted by Gasteiger charge is 2.12. The molecule has 0 spiro atoms. The molecular formula is C15H19N. The Bertz CT molecular complexity index is 430. The molecule has 1 N–H and O–H groups in total. The van der Waals surface area contributed by atoms with Crippen LogP contribution in [0.25, 0.3) is 0 Å². The lowest BCUT2D eigenvalue weighted by Gasteiger charge is -2.19. The van der Waals surface area contributed by atoms with Crippen molar-refractivity contribution in [2.75, 3.05) is 6.54 Å². The van der Waals surface area contributed by atoms with Crippen LogP contribution in [0.4, 0.5) is 0 Å². The van der Waals surface area contributed by atoms with Crippen molar-refractivity contribution in [3.8, 4) is 0 Å². The molecule has 16 heavy (non-hydrogen) atoms. The molecule has 0 fully saturated rings. The van der Waals surface area contributed by atoms with Gasteiger partial charge in [-0.05, 0) is 37.8 Å². The van der Waals surface area contributed by atoms with E-state index in [0.29, 0.717) is 0 Å². The normalized spacial score (nSPS) is 26.5. The van der Waals surface area contributed by atoms with Crippen LogP contribution >= 0.6 is 0 Å². The summed E-state index contributed by atoms with van der Waals surface area (Å²) in [5.74, 6) is 0. The molecule has 1 aliphatic carbocycles. The van der Waals surface area contributed by atoms with Crippen LogP contribution in [-0.4, -0.2) is 6.54 Å². The largest absolute Gasteiger partial charge is 0.384 e. The smallest absolute Gasteiger partial charge is 0.0331 e. The lowest BCUT2D eigenvalue weighted by molar-refractivity contribution is 0.771. The molecule has 84 valence electrons. The second kappa shape index (κ2) is 4.56. The maximum Gasteiger partial charge on any atom is 0.0331 e. The van der Waals surface area contributed by atoms with Crippen LogP contribution in [0.3, 0.4) is 0 Å². The number of nitrogens with one attached hydrogen (secondary N) is 1. The van der Waals surface area contributed by atoms with Gasteiger partial charge in [0.25, 0.3) is 0 Å². The minimum absolute atomic E-state index is 0.907. The van der Waals surface area contributed by atoms with E-state index >= 15 is 0 Å². The van der Waals surface area contributed by atoms with Crippen molar-refractivity contribution < 1.29 is 0 Å². The lowest BCUT2D eigenvalue weighted by atomic mass is 9.92. The Hall–Kier alpha value is -1.50. The van der Waals surface area contributed by atoms with E-state index in [1.54, 1.807) is 0 Å².